The van der Waals surface area contributed by atoms with E-state index >= 15 is 0 Å². The minimum absolute atomic E-state index is 0.0353. The lowest BCUT2D eigenvalue weighted by molar-refractivity contribution is 0.0601. The Bertz CT molecular complexity index is 1280. The Morgan fingerprint density at radius 2 is 1.90 bits per heavy atom. The highest BCUT2D eigenvalue weighted by Gasteiger charge is 2.42. The van der Waals surface area contributed by atoms with E-state index in [-0.39, 0.29) is 17.8 Å². The Kier molecular flexibility index (Phi) is 9.75. The molecule has 0 fully saturated rings. The van der Waals surface area contributed by atoms with E-state index in [2.05, 4.69) is 17.1 Å². The number of aromatic hydroxyl groups is 1. The van der Waals surface area contributed by atoms with Crippen molar-refractivity contribution in [1.82, 2.24) is 15.1 Å². The molecular formula is C30H38ClN3O5. The second-order valence-corrected chi connectivity index (χ2v) is 10.5. The fraction of sp³-hybridized carbons (Fsp3) is 0.467. The van der Waals surface area contributed by atoms with Gasteiger partial charge in [0.05, 0.1) is 25.9 Å². The van der Waals surface area contributed by atoms with Crippen LogP contribution in [0.5, 0.6) is 17.2 Å². The fourth-order valence-corrected chi connectivity index (χ4v) is 5.09. The molecule has 8 nitrogen and oxygen atoms in total. The molecule has 0 saturated heterocycles. The van der Waals surface area contributed by atoms with Crippen molar-refractivity contribution in [2.75, 3.05) is 26.9 Å². The molecule has 2 aromatic carbocycles. The van der Waals surface area contributed by atoms with E-state index in [4.69, 9.17) is 25.8 Å². The monoisotopic (exact) mass is 555 g/mol. The van der Waals surface area contributed by atoms with E-state index < -0.39 is 6.04 Å². The third-order valence-corrected chi connectivity index (χ3v) is 7.07. The van der Waals surface area contributed by atoms with Gasteiger partial charge in [-0.1, -0.05) is 43.9 Å². The second kappa shape index (κ2) is 13.2. The van der Waals surface area contributed by atoms with Gasteiger partial charge in [-0.3, -0.25) is 9.89 Å². The number of halogens is 1. The lowest BCUT2D eigenvalue weighted by Crippen LogP contribution is -2.31. The summed E-state index contributed by atoms with van der Waals surface area (Å²) >= 11 is 6.26. The van der Waals surface area contributed by atoms with Gasteiger partial charge in [-0.05, 0) is 62.6 Å². The number of phenolic OH excluding ortho intramolecular Hbond substituents is 1. The van der Waals surface area contributed by atoms with Gasteiger partial charge in [-0.2, -0.15) is 5.10 Å². The number of nitrogens with one attached hydrogen (secondary N) is 1. The van der Waals surface area contributed by atoms with Gasteiger partial charge in [0.1, 0.15) is 17.1 Å². The highest BCUT2D eigenvalue weighted by molar-refractivity contribution is 6.31. The van der Waals surface area contributed by atoms with Crippen molar-refractivity contribution in [2.24, 2.45) is 0 Å². The van der Waals surface area contributed by atoms with Gasteiger partial charge in [-0.15, -0.1) is 0 Å². The number of phenols is 1. The summed E-state index contributed by atoms with van der Waals surface area (Å²) in [6.45, 7) is 7.80. The predicted octanol–water partition coefficient (Wildman–Crippen LogP) is 6.76. The second-order valence-electron chi connectivity index (χ2n) is 10.0. The average molecular weight is 556 g/mol. The van der Waals surface area contributed by atoms with Crippen LogP contribution in [0, 0.1) is 0 Å². The number of unbranched alkanes of at least 4 members (excludes halogenated alkanes) is 3. The quantitative estimate of drug-likeness (QED) is 0.213. The number of ether oxygens (including phenoxy) is 3. The lowest BCUT2D eigenvalue weighted by atomic mass is 9.95. The molecule has 39 heavy (non-hydrogen) atoms. The first-order valence-corrected chi connectivity index (χ1v) is 14.0. The number of carbonyl (C=O) groups excluding carboxylic acids is 1. The van der Waals surface area contributed by atoms with Crippen LogP contribution in [0.3, 0.4) is 0 Å². The summed E-state index contributed by atoms with van der Waals surface area (Å²) in [5.41, 5.74) is 2.89. The van der Waals surface area contributed by atoms with Crippen LogP contribution in [0.4, 0.5) is 0 Å². The smallest absolute Gasteiger partial charge is 0.273 e. The molecule has 0 aliphatic carbocycles. The molecule has 9 heteroatoms. The molecule has 0 spiro atoms. The van der Waals surface area contributed by atoms with E-state index in [1.54, 1.807) is 19.2 Å². The molecule has 1 unspecified atom stereocenters. The zero-order valence-electron chi connectivity index (χ0n) is 23.1. The average Bonchev–Trinajstić information content (AvgIpc) is 3.46. The van der Waals surface area contributed by atoms with Crippen molar-refractivity contribution in [1.29, 1.82) is 0 Å². The molecule has 1 atom stereocenters. The predicted molar refractivity (Wildman–Crippen MR) is 152 cm³/mol. The minimum Gasteiger partial charge on any atom is -0.507 e. The topological polar surface area (TPSA) is 96.9 Å². The molecule has 210 valence electrons. The molecule has 3 aromatic rings. The van der Waals surface area contributed by atoms with Crippen LogP contribution in [0.2, 0.25) is 5.02 Å². The van der Waals surface area contributed by atoms with Crippen molar-refractivity contribution in [2.45, 2.75) is 65.0 Å². The van der Waals surface area contributed by atoms with E-state index in [0.717, 1.165) is 18.4 Å². The molecular weight excluding hydrogens is 518 g/mol. The Morgan fingerprint density at radius 1 is 1.08 bits per heavy atom. The summed E-state index contributed by atoms with van der Waals surface area (Å²) in [6.07, 6.45) is 5.24. The van der Waals surface area contributed by atoms with Gasteiger partial charge in [0.15, 0.2) is 11.5 Å². The van der Waals surface area contributed by atoms with Crippen LogP contribution in [-0.2, 0) is 4.74 Å². The molecule has 0 bridgehead atoms. The number of methoxy groups -OCH3 is 1. The number of carbonyl (C=O) groups is 1. The highest BCUT2D eigenvalue weighted by Crippen LogP contribution is 2.46. The van der Waals surface area contributed by atoms with E-state index in [1.165, 1.54) is 18.9 Å². The molecule has 2 N–H and O–H groups in total. The number of benzene rings is 2. The van der Waals surface area contributed by atoms with Crippen LogP contribution in [0.25, 0.3) is 11.3 Å². The molecule has 0 radical (unpaired) electrons. The van der Waals surface area contributed by atoms with Crippen molar-refractivity contribution >= 4 is 17.5 Å². The third-order valence-electron chi connectivity index (χ3n) is 6.83. The first-order valence-electron chi connectivity index (χ1n) is 13.7. The first kappa shape index (κ1) is 28.8. The number of amides is 1. The summed E-state index contributed by atoms with van der Waals surface area (Å²) < 4.78 is 17.5. The largest absolute Gasteiger partial charge is 0.507 e. The number of hydrogen-bond acceptors (Lipinski definition) is 6. The van der Waals surface area contributed by atoms with Gasteiger partial charge >= 0.3 is 0 Å². The maximum atomic E-state index is 13.6. The number of nitrogens with zero attached hydrogens (tertiary/aromatic N) is 2. The molecule has 2 heterocycles. The Labute approximate surface area is 235 Å². The van der Waals surface area contributed by atoms with Crippen LogP contribution in [0.1, 0.15) is 80.5 Å². The Morgan fingerprint density at radius 3 is 2.64 bits per heavy atom. The van der Waals surface area contributed by atoms with Gasteiger partial charge in [-0.25, -0.2) is 0 Å². The van der Waals surface area contributed by atoms with Gasteiger partial charge in [0.2, 0.25) is 0 Å². The maximum Gasteiger partial charge on any atom is 0.273 e. The first-order chi connectivity index (χ1) is 18.8. The molecule has 0 saturated carbocycles. The molecule has 4 rings (SSSR count). The van der Waals surface area contributed by atoms with Crippen molar-refractivity contribution in [3.8, 4) is 28.5 Å². The summed E-state index contributed by atoms with van der Waals surface area (Å²) in [5, 5.41) is 18.5. The van der Waals surface area contributed by atoms with E-state index in [0.29, 0.717) is 65.2 Å². The number of aromatic nitrogens is 2. The zero-order chi connectivity index (χ0) is 27.9. The highest BCUT2D eigenvalue weighted by atomic mass is 35.5. The SMILES string of the molecule is CCCCCCOc1ccc(C2c3c(-c4cc(Cl)ccc4O)n[nH]c3C(=O)N2CCCOC(C)C)cc1OC. The molecule has 1 aliphatic rings. The Hall–Kier alpha value is -3.23. The number of H-pyrrole nitrogens is 1. The van der Waals surface area contributed by atoms with Crippen molar-refractivity contribution in [3.63, 3.8) is 0 Å². The minimum atomic E-state index is -0.453. The summed E-state index contributed by atoms with van der Waals surface area (Å²) in [5.74, 6) is 1.14. The van der Waals surface area contributed by atoms with Gasteiger partial charge in [0.25, 0.3) is 5.91 Å². The van der Waals surface area contributed by atoms with Gasteiger partial charge in [0, 0.05) is 29.3 Å². The Balaban J connectivity index is 1.70. The number of fused-ring (bicyclic) bond motifs is 1. The summed E-state index contributed by atoms with van der Waals surface area (Å²) in [4.78, 5) is 15.4. The number of hydrogen-bond donors (Lipinski definition) is 2. The van der Waals surface area contributed by atoms with Crippen LogP contribution < -0.4 is 9.47 Å². The fourth-order valence-electron chi connectivity index (χ4n) is 4.92. The third kappa shape index (κ3) is 6.50. The molecule has 1 aromatic heterocycles. The van der Waals surface area contributed by atoms with E-state index in [9.17, 15) is 9.90 Å². The zero-order valence-corrected chi connectivity index (χ0v) is 23.9. The normalized spacial score (nSPS) is 14.8. The summed E-state index contributed by atoms with van der Waals surface area (Å²) in [6, 6.07) is 10.1. The van der Waals surface area contributed by atoms with Crippen LogP contribution in [0.15, 0.2) is 36.4 Å². The maximum absolute atomic E-state index is 13.6. The lowest BCUT2D eigenvalue weighted by Gasteiger charge is -2.27. The van der Waals surface area contributed by atoms with Crippen molar-refractivity contribution in [3.05, 3.63) is 58.2 Å². The standard InChI is InChI=1S/C30H38ClN3O5/c1-5-6-7-8-15-39-24-13-10-20(17-25(24)37-4)29-26-27(22-18-21(31)11-12-23(22)35)32-33-28(26)30(36)34(29)14-9-16-38-19(2)3/h10-13,17-19,29,35H,5-9,14-16H2,1-4H3,(H,32,33). The summed E-state index contributed by atoms with van der Waals surface area (Å²) in [7, 11) is 1.61. The number of aromatic amines is 1. The van der Waals surface area contributed by atoms with Crippen LogP contribution >= 0.6 is 11.6 Å². The van der Waals surface area contributed by atoms with Crippen molar-refractivity contribution < 1.29 is 24.1 Å². The van der Waals surface area contributed by atoms with E-state index in [1.807, 2.05) is 36.9 Å². The number of rotatable bonds is 14. The van der Waals surface area contributed by atoms with Crippen LogP contribution in [-0.4, -0.2) is 59.1 Å². The molecule has 1 aliphatic heterocycles. The molecule has 1 amide bonds. The van der Waals surface area contributed by atoms with Gasteiger partial charge < -0.3 is 24.2 Å².